The van der Waals surface area contributed by atoms with Gasteiger partial charge in [-0.05, 0) is 25.5 Å². The molecule has 0 saturated carbocycles. The summed E-state index contributed by atoms with van der Waals surface area (Å²) in [5, 5.41) is 1.11. The highest BCUT2D eigenvalue weighted by Crippen LogP contribution is 2.32. The van der Waals surface area contributed by atoms with Gasteiger partial charge in [0, 0.05) is 22.9 Å². The Kier molecular flexibility index (Phi) is 3.31. The average Bonchev–Trinajstić information content (AvgIpc) is 2.52. The van der Waals surface area contributed by atoms with Gasteiger partial charge in [-0.25, -0.2) is 4.98 Å². The molecule has 2 unspecified atom stereocenters. The van der Waals surface area contributed by atoms with E-state index in [4.69, 9.17) is 16.3 Å². The zero-order valence-corrected chi connectivity index (χ0v) is 9.52. The van der Waals surface area contributed by atoms with E-state index in [0.29, 0.717) is 16.5 Å². The van der Waals surface area contributed by atoms with Gasteiger partial charge in [0.1, 0.15) is 5.15 Å². The van der Waals surface area contributed by atoms with Crippen LogP contribution < -0.4 is 0 Å². The molecule has 1 aliphatic rings. The third-order valence-corrected chi connectivity index (χ3v) is 3.95. The van der Waals surface area contributed by atoms with Gasteiger partial charge in [0.25, 0.3) is 0 Å². The molecule has 1 fully saturated rings. The van der Waals surface area contributed by atoms with Gasteiger partial charge < -0.3 is 4.74 Å². The molecule has 0 spiro atoms. The van der Waals surface area contributed by atoms with Crippen LogP contribution in [0, 0.1) is 0 Å². The molecule has 0 radical (unpaired) electrons. The number of ether oxygens (including phenoxy) is 1. The predicted octanol–water partition coefficient (Wildman–Crippen LogP) is 3.00. The Bertz CT molecular complexity index is 321. The van der Waals surface area contributed by atoms with E-state index >= 15 is 0 Å². The Morgan fingerprint density at radius 1 is 1.64 bits per heavy atom. The third-order valence-electron chi connectivity index (χ3n) is 2.29. The fraction of sp³-hybridized carbons (Fsp3) is 0.500. The summed E-state index contributed by atoms with van der Waals surface area (Å²) < 4.78 is 5.50. The van der Waals surface area contributed by atoms with Crippen LogP contribution in [-0.2, 0) is 4.74 Å². The average molecular weight is 230 g/mol. The second-order valence-electron chi connectivity index (χ2n) is 3.34. The van der Waals surface area contributed by atoms with Crippen molar-refractivity contribution in [2.45, 2.75) is 29.6 Å². The number of aromatic nitrogens is 1. The van der Waals surface area contributed by atoms with E-state index in [0.717, 1.165) is 13.0 Å². The number of halogens is 1. The quantitative estimate of drug-likeness (QED) is 0.728. The lowest BCUT2D eigenvalue weighted by Crippen LogP contribution is -2.12. The van der Waals surface area contributed by atoms with Crippen molar-refractivity contribution in [2.75, 3.05) is 6.61 Å². The van der Waals surface area contributed by atoms with Crippen molar-refractivity contribution in [3.8, 4) is 0 Å². The maximum atomic E-state index is 5.81. The van der Waals surface area contributed by atoms with E-state index in [2.05, 4.69) is 11.9 Å². The number of hydrogen-bond donors (Lipinski definition) is 0. The summed E-state index contributed by atoms with van der Waals surface area (Å²) in [7, 11) is 0. The summed E-state index contributed by atoms with van der Waals surface area (Å²) in [6.07, 6.45) is 3.20. The molecule has 1 aromatic rings. The minimum Gasteiger partial charge on any atom is -0.377 e. The highest BCUT2D eigenvalue weighted by molar-refractivity contribution is 8.00. The minimum atomic E-state index is 0.340. The molecule has 14 heavy (non-hydrogen) atoms. The van der Waals surface area contributed by atoms with Gasteiger partial charge >= 0.3 is 0 Å². The second kappa shape index (κ2) is 4.51. The Labute approximate surface area is 93.0 Å². The van der Waals surface area contributed by atoms with Gasteiger partial charge in [-0.15, -0.1) is 11.8 Å². The third kappa shape index (κ3) is 2.41. The molecule has 0 aromatic carbocycles. The lowest BCUT2D eigenvalue weighted by atomic mass is 10.3. The first-order chi connectivity index (χ1) is 6.75. The maximum Gasteiger partial charge on any atom is 0.130 e. The first kappa shape index (κ1) is 10.3. The van der Waals surface area contributed by atoms with Crippen LogP contribution in [0.25, 0.3) is 0 Å². The van der Waals surface area contributed by atoms with E-state index in [1.165, 1.54) is 4.90 Å². The first-order valence-electron chi connectivity index (χ1n) is 4.65. The van der Waals surface area contributed by atoms with Crippen molar-refractivity contribution in [2.24, 2.45) is 0 Å². The molecule has 2 rings (SSSR count). The smallest absolute Gasteiger partial charge is 0.130 e. The standard InChI is InChI=1S/C10H12ClNOS/c1-7-9(3-5-13-7)14-8-2-4-12-10(11)6-8/h2,4,6-7,9H,3,5H2,1H3. The van der Waals surface area contributed by atoms with Crippen molar-refractivity contribution in [3.63, 3.8) is 0 Å². The van der Waals surface area contributed by atoms with Gasteiger partial charge in [0.05, 0.1) is 6.10 Å². The van der Waals surface area contributed by atoms with Gasteiger partial charge in [-0.3, -0.25) is 0 Å². The summed E-state index contributed by atoms with van der Waals surface area (Å²) in [5.41, 5.74) is 0. The topological polar surface area (TPSA) is 22.1 Å². The van der Waals surface area contributed by atoms with E-state index in [-0.39, 0.29) is 0 Å². The Hall–Kier alpha value is -0.250. The molecule has 1 saturated heterocycles. The molecular formula is C10H12ClNOS. The van der Waals surface area contributed by atoms with Crippen molar-refractivity contribution in [1.29, 1.82) is 0 Å². The molecule has 1 aliphatic heterocycles. The lowest BCUT2D eigenvalue weighted by molar-refractivity contribution is 0.127. The van der Waals surface area contributed by atoms with E-state index in [1.54, 1.807) is 6.20 Å². The highest BCUT2D eigenvalue weighted by Gasteiger charge is 2.24. The fourth-order valence-corrected chi connectivity index (χ4v) is 2.89. The van der Waals surface area contributed by atoms with Crippen LogP contribution in [0.15, 0.2) is 23.2 Å². The van der Waals surface area contributed by atoms with Crippen LogP contribution in [-0.4, -0.2) is 22.9 Å². The van der Waals surface area contributed by atoms with Crippen molar-refractivity contribution >= 4 is 23.4 Å². The highest BCUT2D eigenvalue weighted by atomic mass is 35.5. The fourth-order valence-electron chi connectivity index (χ4n) is 1.50. The van der Waals surface area contributed by atoms with Crippen molar-refractivity contribution < 1.29 is 4.74 Å². The molecule has 1 aromatic heterocycles. The van der Waals surface area contributed by atoms with Crippen molar-refractivity contribution in [1.82, 2.24) is 4.98 Å². The largest absolute Gasteiger partial charge is 0.377 e. The second-order valence-corrected chi connectivity index (χ2v) is 5.04. The van der Waals surface area contributed by atoms with Gasteiger partial charge in [0.2, 0.25) is 0 Å². The van der Waals surface area contributed by atoms with Gasteiger partial charge in [0.15, 0.2) is 0 Å². The summed E-state index contributed by atoms with van der Waals surface area (Å²) in [6.45, 7) is 2.99. The Balaban J connectivity index is 2.03. The summed E-state index contributed by atoms with van der Waals surface area (Å²) in [4.78, 5) is 5.13. The van der Waals surface area contributed by atoms with E-state index in [1.807, 2.05) is 23.9 Å². The van der Waals surface area contributed by atoms with Crippen molar-refractivity contribution in [3.05, 3.63) is 23.5 Å². The van der Waals surface area contributed by atoms with E-state index in [9.17, 15) is 0 Å². The number of nitrogens with zero attached hydrogens (tertiary/aromatic N) is 1. The van der Waals surface area contributed by atoms with Crippen LogP contribution in [0.1, 0.15) is 13.3 Å². The molecule has 76 valence electrons. The summed E-state index contributed by atoms with van der Waals surface area (Å²) in [6, 6.07) is 3.89. The zero-order chi connectivity index (χ0) is 9.97. The van der Waals surface area contributed by atoms with Crippen LogP contribution in [0.3, 0.4) is 0 Å². The van der Waals surface area contributed by atoms with Crippen LogP contribution in [0.4, 0.5) is 0 Å². The molecule has 0 N–H and O–H groups in total. The monoisotopic (exact) mass is 229 g/mol. The first-order valence-corrected chi connectivity index (χ1v) is 5.91. The Morgan fingerprint density at radius 3 is 3.14 bits per heavy atom. The van der Waals surface area contributed by atoms with Crippen LogP contribution in [0.2, 0.25) is 5.15 Å². The van der Waals surface area contributed by atoms with Crippen LogP contribution in [0.5, 0.6) is 0 Å². The molecule has 2 nitrogen and oxygen atoms in total. The molecule has 4 heteroatoms. The molecule has 0 bridgehead atoms. The number of pyridine rings is 1. The number of hydrogen-bond acceptors (Lipinski definition) is 3. The number of thioether (sulfide) groups is 1. The molecule has 0 amide bonds. The van der Waals surface area contributed by atoms with Gasteiger partial charge in [-0.1, -0.05) is 11.6 Å². The number of rotatable bonds is 2. The maximum absolute atomic E-state index is 5.81. The zero-order valence-electron chi connectivity index (χ0n) is 7.94. The molecule has 2 heterocycles. The summed E-state index contributed by atoms with van der Waals surface area (Å²) in [5.74, 6) is 0. The lowest BCUT2D eigenvalue weighted by Gasteiger charge is -2.12. The minimum absolute atomic E-state index is 0.340. The Morgan fingerprint density at radius 2 is 2.50 bits per heavy atom. The van der Waals surface area contributed by atoms with Crippen LogP contribution >= 0.6 is 23.4 Å². The normalized spacial score (nSPS) is 26.7. The SMILES string of the molecule is CC1OCCC1Sc1ccnc(Cl)c1. The summed E-state index contributed by atoms with van der Waals surface area (Å²) >= 11 is 7.64. The molecular weight excluding hydrogens is 218 g/mol. The molecule has 0 aliphatic carbocycles. The predicted molar refractivity (Wildman–Crippen MR) is 58.9 cm³/mol. The molecule has 2 atom stereocenters. The van der Waals surface area contributed by atoms with Gasteiger partial charge in [-0.2, -0.15) is 0 Å². The van der Waals surface area contributed by atoms with E-state index < -0.39 is 0 Å².